The Labute approximate surface area is 104 Å². The minimum absolute atomic E-state index is 0.0576. The molecule has 18 heavy (non-hydrogen) atoms. The lowest BCUT2D eigenvalue weighted by molar-refractivity contribution is -0.136. The van der Waals surface area contributed by atoms with Crippen molar-refractivity contribution in [3.63, 3.8) is 0 Å². The van der Waals surface area contributed by atoms with Crippen molar-refractivity contribution in [1.82, 2.24) is 0 Å². The Bertz CT molecular complexity index is 463. The van der Waals surface area contributed by atoms with E-state index in [1.807, 2.05) is 6.92 Å². The van der Waals surface area contributed by atoms with Crippen molar-refractivity contribution in [2.24, 2.45) is 5.73 Å². The summed E-state index contributed by atoms with van der Waals surface area (Å²) in [5.41, 5.74) is 5.69. The molecule has 0 aliphatic carbocycles. The largest absolute Gasteiger partial charge is 0.481 e. The summed E-state index contributed by atoms with van der Waals surface area (Å²) in [4.78, 5) is 23.5. The van der Waals surface area contributed by atoms with Crippen LogP contribution in [0.15, 0.2) is 18.2 Å². The number of nitrogens with zero attached hydrogens (tertiary/aromatic N) is 1. The average molecular weight is 254 g/mol. The predicted octanol–water partition coefficient (Wildman–Crippen LogP) is 1.23. The molecule has 3 N–H and O–H groups in total. The molecule has 1 aromatic carbocycles. The molecule has 0 saturated heterocycles. The second-order valence-electron chi connectivity index (χ2n) is 3.75. The Kier molecular flexibility index (Phi) is 4.65. The summed E-state index contributed by atoms with van der Waals surface area (Å²) in [6, 6.07) is 3.70. The van der Waals surface area contributed by atoms with Crippen LogP contribution in [0, 0.1) is 5.82 Å². The van der Waals surface area contributed by atoms with Crippen LogP contribution in [0.4, 0.5) is 10.1 Å². The molecule has 0 heterocycles. The van der Waals surface area contributed by atoms with Crippen LogP contribution < -0.4 is 10.6 Å². The second kappa shape index (κ2) is 6.00. The molecule has 0 fully saturated rings. The highest BCUT2D eigenvalue weighted by molar-refractivity contribution is 5.98. The van der Waals surface area contributed by atoms with Crippen molar-refractivity contribution in [1.29, 1.82) is 0 Å². The van der Waals surface area contributed by atoms with Gasteiger partial charge in [-0.1, -0.05) is 0 Å². The summed E-state index contributed by atoms with van der Waals surface area (Å²) in [6.07, 6.45) is -0.0661. The van der Waals surface area contributed by atoms with E-state index >= 15 is 0 Å². The van der Waals surface area contributed by atoms with Crippen LogP contribution >= 0.6 is 0 Å². The van der Waals surface area contributed by atoms with Crippen molar-refractivity contribution in [3.8, 4) is 0 Å². The summed E-state index contributed by atoms with van der Waals surface area (Å²) in [5, 5.41) is 8.65. The maximum absolute atomic E-state index is 13.1. The van der Waals surface area contributed by atoms with E-state index in [4.69, 9.17) is 10.8 Å². The number of nitrogens with two attached hydrogens (primary N) is 1. The number of hydrogen-bond acceptors (Lipinski definition) is 3. The first-order valence-electron chi connectivity index (χ1n) is 5.51. The predicted molar refractivity (Wildman–Crippen MR) is 65.1 cm³/mol. The summed E-state index contributed by atoms with van der Waals surface area (Å²) in [7, 11) is 0. The van der Waals surface area contributed by atoms with E-state index in [0.717, 1.165) is 6.07 Å². The first-order valence-corrected chi connectivity index (χ1v) is 5.51. The molecule has 0 bridgehead atoms. The van der Waals surface area contributed by atoms with Gasteiger partial charge in [-0.2, -0.15) is 0 Å². The fourth-order valence-electron chi connectivity index (χ4n) is 1.66. The zero-order valence-electron chi connectivity index (χ0n) is 10.0. The minimum atomic E-state index is -0.934. The third kappa shape index (κ3) is 3.44. The fourth-order valence-corrected chi connectivity index (χ4v) is 1.66. The number of anilines is 1. The summed E-state index contributed by atoms with van der Waals surface area (Å²) in [6.45, 7) is 2.55. The Morgan fingerprint density at radius 3 is 2.61 bits per heavy atom. The molecule has 0 aliphatic rings. The molecular formula is C12H15FN2O3. The summed E-state index contributed by atoms with van der Waals surface area (Å²) < 4.78 is 13.1. The molecule has 0 atom stereocenters. The standard InChI is InChI=1S/C12H15FN2O3/c1-2-15(6-5-11(16)17)10-4-3-8(13)7-9(10)12(14)18/h3-4,7H,2,5-6H2,1H3,(H2,14,18)(H,16,17). The van der Waals surface area contributed by atoms with E-state index in [1.165, 1.54) is 12.1 Å². The minimum Gasteiger partial charge on any atom is -0.481 e. The van der Waals surface area contributed by atoms with Gasteiger partial charge in [0.1, 0.15) is 5.82 Å². The van der Waals surface area contributed by atoms with Crippen LogP contribution in [0.5, 0.6) is 0 Å². The summed E-state index contributed by atoms with van der Waals surface area (Å²) >= 11 is 0. The van der Waals surface area contributed by atoms with Gasteiger partial charge < -0.3 is 15.7 Å². The monoisotopic (exact) mass is 254 g/mol. The molecule has 0 spiro atoms. The quantitative estimate of drug-likeness (QED) is 0.799. The molecular weight excluding hydrogens is 239 g/mol. The number of benzene rings is 1. The topological polar surface area (TPSA) is 83.6 Å². The van der Waals surface area contributed by atoms with Crippen molar-refractivity contribution in [2.45, 2.75) is 13.3 Å². The molecule has 0 aromatic heterocycles. The average Bonchev–Trinajstić information content (AvgIpc) is 2.30. The van der Waals surface area contributed by atoms with E-state index in [2.05, 4.69) is 0 Å². The van der Waals surface area contributed by atoms with E-state index in [-0.39, 0.29) is 18.5 Å². The van der Waals surface area contributed by atoms with Crippen LogP contribution in [0.1, 0.15) is 23.7 Å². The molecule has 0 radical (unpaired) electrons. The number of rotatable bonds is 6. The number of amides is 1. The molecule has 0 saturated carbocycles. The van der Waals surface area contributed by atoms with E-state index < -0.39 is 17.7 Å². The number of carboxylic acid groups (broad SMARTS) is 1. The highest BCUT2D eigenvalue weighted by atomic mass is 19.1. The molecule has 1 amide bonds. The number of aliphatic carboxylic acids is 1. The second-order valence-corrected chi connectivity index (χ2v) is 3.75. The SMILES string of the molecule is CCN(CCC(=O)O)c1ccc(F)cc1C(N)=O. The highest BCUT2D eigenvalue weighted by Crippen LogP contribution is 2.21. The third-order valence-corrected chi connectivity index (χ3v) is 2.54. The normalized spacial score (nSPS) is 10.1. The van der Waals surface area contributed by atoms with Gasteiger partial charge in [-0.05, 0) is 25.1 Å². The lowest BCUT2D eigenvalue weighted by Crippen LogP contribution is -2.28. The molecule has 1 aromatic rings. The number of carboxylic acids is 1. The van der Waals surface area contributed by atoms with E-state index in [0.29, 0.717) is 12.2 Å². The zero-order chi connectivity index (χ0) is 13.7. The molecule has 5 nitrogen and oxygen atoms in total. The number of halogens is 1. The van der Waals surface area contributed by atoms with Crippen molar-refractivity contribution in [3.05, 3.63) is 29.6 Å². The Hall–Kier alpha value is -2.11. The van der Waals surface area contributed by atoms with E-state index in [1.54, 1.807) is 4.90 Å². The molecule has 0 aliphatic heterocycles. The molecule has 0 unspecified atom stereocenters. The van der Waals surface area contributed by atoms with Crippen LogP contribution in [-0.4, -0.2) is 30.1 Å². The molecule has 98 valence electrons. The Balaban J connectivity index is 3.04. The van der Waals surface area contributed by atoms with Gasteiger partial charge in [-0.25, -0.2) is 4.39 Å². The maximum Gasteiger partial charge on any atom is 0.305 e. The van der Waals surface area contributed by atoms with Gasteiger partial charge in [-0.3, -0.25) is 9.59 Å². The summed E-state index contributed by atoms with van der Waals surface area (Å²) in [5.74, 6) is -2.23. The van der Waals surface area contributed by atoms with Gasteiger partial charge in [0.05, 0.1) is 12.0 Å². The number of carbonyl (C=O) groups excluding carboxylic acids is 1. The van der Waals surface area contributed by atoms with Gasteiger partial charge in [0.25, 0.3) is 5.91 Å². The van der Waals surface area contributed by atoms with Gasteiger partial charge in [0.15, 0.2) is 0 Å². The smallest absolute Gasteiger partial charge is 0.305 e. The molecule has 6 heteroatoms. The van der Waals surface area contributed by atoms with Crippen molar-refractivity contribution >= 4 is 17.6 Å². The first-order chi connectivity index (χ1) is 8.45. The van der Waals surface area contributed by atoms with Crippen molar-refractivity contribution < 1.29 is 19.1 Å². The maximum atomic E-state index is 13.1. The van der Waals surface area contributed by atoms with Crippen LogP contribution in [0.2, 0.25) is 0 Å². The van der Waals surface area contributed by atoms with Gasteiger partial charge in [0.2, 0.25) is 0 Å². The van der Waals surface area contributed by atoms with Gasteiger partial charge in [0, 0.05) is 18.8 Å². The number of primary amides is 1. The van der Waals surface area contributed by atoms with Crippen LogP contribution in [0.3, 0.4) is 0 Å². The fraction of sp³-hybridized carbons (Fsp3) is 0.333. The van der Waals surface area contributed by atoms with Gasteiger partial charge in [-0.15, -0.1) is 0 Å². The van der Waals surface area contributed by atoms with Crippen LogP contribution in [0.25, 0.3) is 0 Å². The van der Waals surface area contributed by atoms with Crippen LogP contribution in [-0.2, 0) is 4.79 Å². The van der Waals surface area contributed by atoms with Crippen molar-refractivity contribution in [2.75, 3.05) is 18.0 Å². The number of hydrogen-bond donors (Lipinski definition) is 2. The highest BCUT2D eigenvalue weighted by Gasteiger charge is 2.15. The zero-order valence-corrected chi connectivity index (χ0v) is 10.0. The first kappa shape index (κ1) is 14.0. The lowest BCUT2D eigenvalue weighted by Gasteiger charge is -2.24. The van der Waals surface area contributed by atoms with E-state index in [9.17, 15) is 14.0 Å². The number of carbonyl (C=O) groups is 2. The molecule has 1 rings (SSSR count). The Morgan fingerprint density at radius 2 is 2.11 bits per heavy atom. The van der Waals surface area contributed by atoms with Gasteiger partial charge >= 0.3 is 5.97 Å². The Morgan fingerprint density at radius 1 is 1.44 bits per heavy atom. The third-order valence-electron chi connectivity index (χ3n) is 2.54. The lowest BCUT2D eigenvalue weighted by atomic mass is 10.1.